The van der Waals surface area contributed by atoms with E-state index in [-0.39, 0.29) is 17.5 Å². The molecule has 2 aromatic rings. The highest BCUT2D eigenvalue weighted by Gasteiger charge is 2.34. The van der Waals surface area contributed by atoms with Gasteiger partial charge < -0.3 is 19.7 Å². The second-order valence-corrected chi connectivity index (χ2v) is 9.83. The predicted octanol–water partition coefficient (Wildman–Crippen LogP) is 6.67. The maximum Gasteiger partial charge on any atom is 0.165 e. The van der Waals surface area contributed by atoms with Gasteiger partial charge in [-0.05, 0) is 60.6 Å². The van der Waals surface area contributed by atoms with Crippen LogP contribution in [0.2, 0.25) is 0 Å². The third-order valence-corrected chi connectivity index (χ3v) is 7.30. The zero-order chi connectivity index (χ0) is 23.9. The molecule has 0 fully saturated rings. The Balaban J connectivity index is 1.47. The van der Waals surface area contributed by atoms with Crippen molar-refractivity contribution in [2.75, 3.05) is 19.8 Å². The maximum atomic E-state index is 10.7. The summed E-state index contributed by atoms with van der Waals surface area (Å²) in [5.41, 5.74) is 4.82. The monoisotopic (exact) mass is 467 g/mol. The van der Waals surface area contributed by atoms with Crippen molar-refractivity contribution in [3.63, 3.8) is 0 Å². The van der Waals surface area contributed by atoms with Crippen LogP contribution in [0.5, 0.6) is 23.0 Å². The van der Waals surface area contributed by atoms with E-state index in [2.05, 4.69) is 24.8 Å². The summed E-state index contributed by atoms with van der Waals surface area (Å²) in [5.74, 6) is 1.75. The van der Waals surface area contributed by atoms with Gasteiger partial charge in [0.2, 0.25) is 0 Å². The molecule has 2 aromatic carbocycles. The zero-order valence-corrected chi connectivity index (χ0v) is 20.9. The number of ether oxygens (including phenoxy) is 2. The lowest BCUT2D eigenvalue weighted by Gasteiger charge is -2.42. The van der Waals surface area contributed by atoms with E-state index in [1.165, 1.54) is 48.8 Å². The first kappa shape index (κ1) is 24.7. The van der Waals surface area contributed by atoms with E-state index in [4.69, 9.17) is 9.47 Å². The highest BCUT2D eigenvalue weighted by atomic mass is 16.5. The Labute approximate surface area is 204 Å². The summed E-state index contributed by atoms with van der Waals surface area (Å²) in [4.78, 5) is 2.46. The van der Waals surface area contributed by atoms with E-state index in [1.807, 2.05) is 12.1 Å². The van der Waals surface area contributed by atoms with Crippen molar-refractivity contribution in [2.45, 2.75) is 90.6 Å². The molecule has 2 heterocycles. The number of aromatic hydroxyl groups is 2. The lowest BCUT2D eigenvalue weighted by Crippen LogP contribution is -2.39. The minimum atomic E-state index is 0.225. The van der Waals surface area contributed by atoms with Crippen LogP contribution >= 0.6 is 0 Å². The molecule has 0 aromatic heterocycles. The number of benzene rings is 2. The number of nitrogens with zero attached hydrogens (tertiary/aromatic N) is 1. The van der Waals surface area contributed by atoms with Crippen molar-refractivity contribution in [1.29, 1.82) is 0 Å². The van der Waals surface area contributed by atoms with Crippen LogP contribution in [0.1, 0.15) is 93.5 Å². The molecule has 186 valence electrons. The Morgan fingerprint density at radius 2 is 1.59 bits per heavy atom. The number of unbranched alkanes of at least 4 members (excludes halogenated alkanes) is 6. The fourth-order valence-electron chi connectivity index (χ4n) is 5.32. The Bertz CT molecular complexity index is 958. The molecule has 1 atom stereocenters. The fraction of sp³-hybridized carbons (Fsp3) is 0.586. The average Bonchev–Trinajstić information content (AvgIpc) is 2.84. The van der Waals surface area contributed by atoms with Crippen LogP contribution < -0.4 is 9.47 Å². The van der Waals surface area contributed by atoms with Gasteiger partial charge in [-0.25, -0.2) is 0 Å². The molecular formula is C29H41NO4. The smallest absolute Gasteiger partial charge is 0.165 e. The summed E-state index contributed by atoms with van der Waals surface area (Å²) >= 11 is 0. The van der Waals surface area contributed by atoms with E-state index in [0.717, 1.165) is 50.8 Å². The van der Waals surface area contributed by atoms with Crippen LogP contribution in [-0.2, 0) is 19.4 Å². The minimum Gasteiger partial charge on any atom is -0.504 e. The molecule has 0 saturated heterocycles. The summed E-state index contributed by atoms with van der Waals surface area (Å²) in [5, 5.41) is 21.2. The minimum absolute atomic E-state index is 0.225. The van der Waals surface area contributed by atoms with E-state index in [0.29, 0.717) is 24.7 Å². The molecule has 4 rings (SSSR count). The van der Waals surface area contributed by atoms with E-state index in [1.54, 1.807) is 6.07 Å². The molecule has 0 saturated carbocycles. The van der Waals surface area contributed by atoms with Crippen LogP contribution in [0.4, 0.5) is 0 Å². The van der Waals surface area contributed by atoms with E-state index < -0.39 is 0 Å². The molecule has 0 unspecified atom stereocenters. The summed E-state index contributed by atoms with van der Waals surface area (Å²) in [6.45, 7) is 7.41. The summed E-state index contributed by atoms with van der Waals surface area (Å²) < 4.78 is 12.0. The quantitative estimate of drug-likeness (QED) is 0.341. The molecule has 34 heavy (non-hydrogen) atoms. The van der Waals surface area contributed by atoms with Gasteiger partial charge in [0.15, 0.2) is 23.0 Å². The van der Waals surface area contributed by atoms with Gasteiger partial charge in [0.25, 0.3) is 0 Å². The molecule has 2 aliphatic heterocycles. The Morgan fingerprint density at radius 3 is 2.32 bits per heavy atom. The number of hydrogen-bond donors (Lipinski definition) is 2. The Hall–Kier alpha value is -2.40. The largest absolute Gasteiger partial charge is 0.504 e. The second-order valence-electron chi connectivity index (χ2n) is 9.83. The molecule has 2 aliphatic rings. The van der Waals surface area contributed by atoms with Gasteiger partial charge in [-0.3, -0.25) is 4.90 Å². The van der Waals surface area contributed by atoms with Crippen LogP contribution in [0.3, 0.4) is 0 Å². The van der Waals surface area contributed by atoms with Crippen molar-refractivity contribution in [3.8, 4) is 23.0 Å². The number of hydrogen-bond acceptors (Lipinski definition) is 5. The average molecular weight is 468 g/mol. The normalized spacial score (nSPS) is 17.1. The molecule has 0 aliphatic carbocycles. The van der Waals surface area contributed by atoms with E-state index in [9.17, 15) is 10.2 Å². The standard InChI is InChI=1S/C29H41NO4/c1-3-5-7-9-15-33-28-18-22-13-14-30-20-24-21(17-25(30)23(22)19-27(28)32)11-12-26(31)29(24)34-16-10-8-6-4-2/h11-12,18-19,25,31-32H,3-10,13-17,20H2,1-2H3/t25-/m0/s1. The van der Waals surface area contributed by atoms with Crippen LogP contribution in [0.15, 0.2) is 24.3 Å². The molecule has 5 heteroatoms. The number of phenolic OH excluding ortho intramolecular Hbond substituents is 2. The molecule has 0 radical (unpaired) electrons. The maximum absolute atomic E-state index is 10.7. The van der Waals surface area contributed by atoms with Gasteiger partial charge in [0, 0.05) is 24.7 Å². The molecule has 2 N–H and O–H groups in total. The Kier molecular flexibility index (Phi) is 8.60. The number of rotatable bonds is 12. The zero-order valence-electron chi connectivity index (χ0n) is 20.9. The molecule has 0 bridgehead atoms. The lowest BCUT2D eigenvalue weighted by atomic mass is 9.83. The van der Waals surface area contributed by atoms with Crippen LogP contribution in [0.25, 0.3) is 0 Å². The topological polar surface area (TPSA) is 62.2 Å². The number of phenols is 2. The van der Waals surface area contributed by atoms with Gasteiger partial charge in [-0.1, -0.05) is 58.4 Å². The fourth-order valence-corrected chi connectivity index (χ4v) is 5.32. The van der Waals surface area contributed by atoms with Gasteiger partial charge in [0.05, 0.1) is 13.2 Å². The van der Waals surface area contributed by atoms with Crippen LogP contribution in [0, 0.1) is 0 Å². The summed E-state index contributed by atoms with van der Waals surface area (Å²) in [6, 6.07) is 8.01. The first-order valence-corrected chi connectivity index (χ1v) is 13.3. The van der Waals surface area contributed by atoms with Crippen molar-refractivity contribution >= 4 is 0 Å². The SMILES string of the molecule is CCCCCCOc1cc2c(cc1O)[C@@H]1Cc3ccc(O)c(OCCCCCC)c3CN1CC2. The van der Waals surface area contributed by atoms with Gasteiger partial charge >= 0.3 is 0 Å². The highest BCUT2D eigenvalue weighted by molar-refractivity contribution is 5.54. The third kappa shape index (κ3) is 5.63. The second kappa shape index (κ2) is 11.8. The highest BCUT2D eigenvalue weighted by Crippen LogP contribution is 2.45. The van der Waals surface area contributed by atoms with E-state index >= 15 is 0 Å². The molecule has 0 amide bonds. The van der Waals surface area contributed by atoms with Crippen LogP contribution in [-0.4, -0.2) is 34.9 Å². The molecule has 5 nitrogen and oxygen atoms in total. The van der Waals surface area contributed by atoms with Crippen molar-refractivity contribution in [2.24, 2.45) is 0 Å². The van der Waals surface area contributed by atoms with Crippen molar-refractivity contribution in [3.05, 3.63) is 46.5 Å². The number of fused-ring (bicyclic) bond motifs is 4. The molecule has 0 spiro atoms. The summed E-state index contributed by atoms with van der Waals surface area (Å²) in [7, 11) is 0. The van der Waals surface area contributed by atoms with Gasteiger partial charge in [-0.2, -0.15) is 0 Å². The van der Waals surface area contributed by atoms with Crippen molar-refractivity contribution < 1.29 is 19.7 Å². The Morgan fingerprint density at radius 1 is 0.853 bits per heavy atom. The predicted molar refractivity (Wildman–Crippen MR) is 136 cm³/mol. The lowest BCUT2D eigenvalue weighted by molar-refractivity contribution is 0.155. The third-order valence-electron chi connectivity index (χ3n) is 7.30. The van der Waals surface area contributed by atoms with Gasteiger partial charge in [0.1, 0.15) is 0 Å². The molecular weight excluding hydrogens is 426 g/mol. The van der Waals surface area contributed by atoms with Gasteiger partial charge in [-0.15, -0.1) is 0 Å². The first-order valence-electron chi connectivity index (χ1n) is 13.3. The summed E-state index contributed by atoms with van der Waals surface area (Å²) in [6.07, 6.45) is 11.0. The first-order chi connectivity index (χ1) is 16.6. The van der Waals surface area contributed by atoms with Crippen molar-refractivity contribution in [1.82, 2.24) is 4.90 Å².